The van der Waals surface area contributed by atoms with Gasteiger partial charge in [0.05, 0.1) is 0 Å². The molecule has 0 unspecified atom stereocenters. The van der Waals surface area contributed by atoms with Gasteiger partial charge < -0.3 is 15.2 Å². The number of anilines is 2. The summed E-state index contributed by atoms with van der Waals surface area (Å²) < 4.78 is 0. The number of H-pyrrole nitrogens is 1. The van der Waals surface area contributed by atoms with Gasteiger partial charge in [-0.25, -0.2) is 0 Å². The summed E-state index contributed by atoms with van der Waals surface area (Å²) in [5, 5.41) is 4.10. The Morgan fingerprint density at radius 2 is 2.09 bits per heavy atom. The van der Waals surface area contributed by atoms with Crippen LogP contribution in [0.1, 0.15) is 15.9 Å². The van der Waals surface area contributed by atoms with Gasteiger partial charge in [0.15, 0.2) is 0 Å². The number of carbonyl (C=O) groups excluding carboxylic acids is 1. The van der Waals surface area contributed by atoms with Crippen LogP contribution in [0, 0.1) is 0 Å². The van der Waals surface area contributed by atoms with Gasteiger partial charge in [-0.15, -0.1) is 0 Å². The summed E-state index contributed by atoms with van der Waals surface area (Å²) in [6.45, 7) is 1.04. The van der Waals surface area contributed by atoms with E-state index in [1.165, 1.54) is 11.3 Å². The summed E-state index contributed by atoms with van der Waals surface area (Å²) in [5.74, 6) is -0.0807. The van der Waals surface area contributed by atoms with Gasteiger partial charge in [0.2, 0.25) is 0 Å². The molecule has 110 valence electrons. The molecular weight excluding hydrogens is 274 g/mol. The molecule has 0 saturated carbocycles. The highest BCUT2D eigenvalue weighted by atomic mass is 16.1. The Hall–Kier alpha value is -2.75. The van der Waals surface area contributed by atoms with Gasteiger partial charge in [0.1, 0.15) is 0 Å². The van der Waals surface area contributed by atoms with E-state index in [1.807, 2.05) is 36.5 Å². The summed E-state index contributed by atoms with van der Waals surface area (Å²) in [4.78, 5) is 17.8. The molecule has 1 aliphatic rings. The molecule has 4 rings (SSSR count). The predicted octanol–water partition coefficient (Wildman–Crippen LogP) is 3.41. The van der Waals surface area contributed by atoms with Gasteiger partial charge >= 0.3 is 0 Å². The highest BCUT2D eigenvalue weighted by Crippen LogP contribution is 2.29. The summed E-state index contributed by atoms with van der Waals surface area (Å²) in [7, 11) is 2.09. The first-order valence-corrected chi connectivity index (χ1v) is 7.43. The van der Waals surface area contributed by atoms with Gasteiger partial charge in [0, 0.05) is 42.2 Å². The van der Waals surface area contributed by atoms with E-state index < -0.39 is 0 Å². The highest BCUT2D eigenvalue weighted by Gasteiger charge is 2.16. The quantitative estimate of drug-likeness (QED) is 0.760. The lowest BCUT2D eigenvalue weighted by Gasteiger charge is -2.12. The molecule has 22 heavy (non-hydrogen) atoms. The van der Waals surface area contributed by atoms with E-state index in [2.05, 4.69) is 34.4 Å². The van der Waals surface area contributed by atoms with Crippen molar-refractivity contribution < 1.29 is 4.79 Å². The van der Waals surface area contributed by atoms with E-state index in [-0.39, 0.29) is 5.91 Å². The number of carbonyl (C=O) groups is 1. The van der Waals surface area contributed by atoms with E-state index in [0.29, 0.717) is 5.56 Å². The van der Waals surface area contributed by atoms with Crippen molar-refractivity contribution >= 4 is 28.2 Å². The van der Waals surface area contributed by atoms with Crippen molar-refractivity contribution in [3.8, 4) is 0 Å². The second-order valence-electron chi connectivity index (χ2n) is 5.75. The van der Waals surface area contributed by atoms with Crippen molar-refractivity contribution in [2.45, 2.75) is 6.42 Å². The smallest absolute Gasteiger partial charge is 0.255 e. The van der Waals surface area contributed by atoms with Crippen molar-refractivity contribution in [3.63, 3.8) is 0 Å². The Morgan fingerprint density at radius 3 is 3.00 bits per heavy atom. The van der Waals surface area contributed by atoms with Crippen LogP contribution in [-0.2, 0) is 6.42 Å². The SMILES string of the molecule is CN1CCc2cc(NC(=O)c3ccc4cc[nH]c4c3)ccc21. The minimum atomic E-state index is -0.0807. The molecule has 4 nitrogen and oxygen atoms in total. The highest BCUT2D eigenvalue weighted by molar-refractivity contribution is 6.06. The zero-order chi connectivity index (χ0) is 15.1. The van der Waals surface area contributed by atoms with E-state index in [0.717, 1.165) is 29.6 Å². The molecule has 0 aliphatic carbocycles. The second-order valence-corrected chi connectivity index (χ2v) is 5.75. The Morgan fingerprint density at radius 1 is 1.18 bits per heavy atom. The Kier molecular flexibility index (Phi) is 2.89. The van der Waals surface area contributed by atoms with Crippen LogP contribution in [0.15, 0.2) is 48.7 Å². The number of hydrogen-bond acceptors (Lipinski definition) is 2. The molecule has 0 saturated heterocycles. The molecule has 0 atom stereocenters. The van der Waals surface area contributed by atoms with Gasteiger partial charge in [0.25, 0.3) is 5.91 Å². The molecule has 2 N–H and O–H groups in total. The lowest BCUT2D eigenvalue weighted by atomic mass is 10.1. The molecule has 3 aromatic rings. The number of benzene rings is 2. The van der Waals surface area contributed by atoms with E-state index in [9.17, 15) is 4.79 Å². The van der Waals surface area contributed by atoms with Gasteiger partial charge in [-0.05, 0) is 53.8 Å². The molecule has 4 heteroatoms. The first-order valence-electron chi connectivity index (χ1n) is 7.43. The van der Waals surface area contributed by atoms with Crippen molar-refractivity contribution in [1.29, 1.82) is 0 Å². The van der Waals surface area contributed by atoms with Crippen molar-refractivity contribution in [1.82, 2.24) is 4.98 Å². The fraction of sp³-hybridized carbons (Fsp3) is 0.167. The van der Waals surface area contributed by atoms with Crippen molar-refractivity contribution in [3.05, 3.63) is 59.8 Å². The lowest BCUT2D eigenvalue weighted by Crippen LogP contribution is -2.13. The standard InChI is InChI=1S/C18H17N3O/c1-21-9-7-13-10-15(4-5-17(13)21)20-18(22)14-3-2-12-6-8-19-16(12)11-14/h2-6,8,10-11,19H,7,9H2,1H3,(H,20,22). The molecule has 1 aliphatic heterocycles. The van der Waals surface area contributed by atoms with E-state index in [4.69, 9.17) is 0 Å². The predicted molar refractivity (Wildman–Crippen MR) is 89.7 cm³/mol. The number of hydrogen-bond donors (Lipinski definition) is 2. The van der Waals surface area contributed by atoms with Gasteiger partial charge in [-0.1, -0.05) is 6.07 Å². The third kappa shape index (κ3) is 2.13. The monoisotopic (exact) mass is 291 g/mol. The molecule has 0 spiro atoms. The number of fused-ring (bicyclic) bond motifs is 2. The largest absolute Gasteiger partial charge is 0.374 e. The minimum Gasteiger partial charge on any atom is -0.374 e. The molecule has 0 fully saturated rings. The maximum absolute atomic E-state index is 12.4. The van der Waals surface area contributed by atoms with Crippen molar-refractivity contribution in [2.24, 2.45) is 0 Å². The first-order chi connectivity index (χ1) is 10.7. The average Bonchev–Trinajstić information content (AvgIpc) is 3.13. The number of nitrogens with one attached hydrogen (secondary N) is 2. The fourth-order valence-corrected chi connectivity index (χ4v) is 3.04. The van der Waals surface area contributed by atoms with E-state index in [1.54, 1.807) is 0 Å². The third-order valence-corrected chi connectivity index (χ3v) is 4.28. The van der Waals surface area contributed by atoms with Crippen LogP contribution in [0.25, 0.3) is 10.9 Å². The van der Waals surface area contributed by atoms with Crippen LogP contribution in [0.2, 0.25) is 0 Å². The number of nitrogens with zero attached hydrogens (tertiary/aromatic N) is 1. The van der Waals surface area contributed by atoms with Crippen LogP contribution in [0.5, 0.6) is 0 Å². The zero-order valence-corrected chi connectivity index (χ0v) is 12.4. The average molecular weight is 291 g/mol. The number of amides is 1. The zero-order valence-electron chi connectivity index (χ0n) is 12.4. The normalized spacial score (nSPS) is 13.4. The van der Waals surface area contributed by atoms with Crippen LogP contribution in [0.3, 0.4) is 0 Å². The molecular formula is C18H17N3O. The number of aromatic amines is 1. The Balaban J connectivity index is 1.59. The van der Waals surface area contributed by atoms with Crippen LogP contribution < -0.4 is 10.2 Å². The van der Waals surface area contributed by atoms with Crippen LogP contribution >= 0.6 is 0 Å². The molecule has 0 radical (unpaired) electrons. The molecule has 1 aromatic heterocycles. The van der Waals surface area contributed by atoms with E-state index >= 15 is 0 Å². The summed E-state index contributed by atoms with van der Waals surface area (Å²) >= 11 is 0. The van der Waals surface area contributed by atoms with Crippen LogP contribution in [-0.4, -0.2) is 24.5 Å². The fourth-order valence-electron chi connectivity index (χ4n) is 3.04. The maximum Gasteiger partial charge on any atom is 0.255 e. The minimum absolute atomic E-state index is 0.0807. The Bertz CT molecular complexity index is 866. The summed E-state index contributed by atoms with van der Waals surface area (Å²) in [6.07, 6.45) is 2.91. The molecule has 1 amide bonds. The summed E-state index contributed by atoms with van der Waals surface area (Å²) in [5.41, 5.74) is 5.03. The first kappa shape index (κ1) is 13.0. The number of rotatable bonds is 2. The van der Waals surface area contributed by atoms with Crippen molar-refractivity contribution in [2.75, 3.05) is 23.8 Å². The maximum atomic E-state index is 12.4. The second kappa shape index (κ2) is 4.91. The van der Waals surface area contributed by atoms with Crippen LogP contribution in [0.4, 0.5) is 11.4 Å². The number of likely N-dealkylation sites (N-methyl/N-ethyl adjacent to an activating group) is 1. The van der Waals surface area contributed by atoms with Gasteiger partial charge in [-0.2, -0.15) is 0 Å². The molecule has 0 bridgehead atoms. The molecule has 2 aromatic carbocycles. The third-order valence-electron chi connectivity index (χ3n) is 4.28. The topological polar surface area (TPSA) is 48.1 Å². The Labute approximate surface area is 128 Å². The lowest BCUT2D eigenvalue weighted by molar-refractivity contribution is 0.102. The number of aromatic nitrogens is 1. The summed E-state index contributed by atoms with van der Waals surface area (Å²) in [6, 6.07) is 13.8. The molecule has 2 heterocycles. The van der Waals surface area contributed by atoms with Gasteiger partial charge in [-0.3, -0.25) is 4.79 Å².